The van der Waals surface area contributed by atoms with Crippen LogP contribution in [0, 0.1) is 6.92 Å². The Morgan fingerprint density at radius 2 is 1.66 bits per heavy atom. The van der Waals surface area contributed by atoms with Crippen LogP contribution in [-0.4, -0.2) is 42.2 Å². The molecule has 0 saturated carbocycles. The fraction of sp³-hybridized carbons (Fsp3) is 0.190. The lowest BCUT2D eigenvalue weighted by Crippen LogP contribution is -2.09. The Balaban J connectivity index is 1.44. The number of hydrogen-bond donors (Lipinski definition) is 1. The van der Waals surface area contributed by atoms with E-state index < -0.39 is 0 Å². The smallest absolute Gasteiger partial charge is 0.337 e. The van der Waals surface area contributed by atoms with E-state index >= 15 is 0 Å². The molecule has 0 bridgehead atoms. The van der Waals surface area contributed by atoms with Gasteiger partial charge in [-0.2, -0.15) is 5.10 Å². The molecule has 2 N–H and O–H groups in total. The summed E-state index contributed by atoms with van der Waals surface area (Å²) in [5, 5.41) is 4.27. The number of imidazole rings is 1. The minimum absolute atomic E-state index is 0.346. The molecule has 0 atom stereocenters. The molecule has 3 aromatic rings. The molecule has 8 nitrogen and oxygen atoms in total. The number of carbonyl (C=O) groups is 1. The number of nitrogens with zero attached hydrogens (tertiary/aromatic N) is 3. The van der Waals surface area contributed by atoms with Gasteiger partial charge in [0, 0.05) is 0 Å². The largest absolute Gasteiger partial charge is 0.490 e. The van der Waals surface area contributed by atoms with Crippen molar-refractivity contribution < 1.29 is 19.0 Å². The average Bonchev–Trinajstić information content (AvgIpc) is 3.07. The SMILES string of the molecule is COC(=O)c1ccc(OCCOc2ccc(C=Nn3cc(C)nc3N)cc2)cc1. The van der Waals surface area contributed by atoms with Gasteiger partial charge in [0.15, 0.2) is 0 Å². The monoisotopic (exact) mass is 394 g/mol. The fourth-order valence-corrected chi connectivity index (χ4v) is 2.50. The number of benzene rings is 2. The van der Waals surface area contributed by atoms with E-state index in [4.69, 9.17) is 15.2 Å². The lowest BCUT2D eigenvalue weighted by atomic mass is 10.2. The quantitative estimate of drug-likeness (QED) is 0.358. The van der Waals surface area contributed by atoms with Crippen molar-refractivity contribution >= 4 is 18.1 Å². The zero-order valence-corrected chi connectivity index (χ0v) is 16.2. The molecule has 0 fully saturated rings. The third kappa shape index (κ3) is 5.58. The van der Waals surface area contributed by atoms with E-state index in [1.54, 1.807) is 36.7 Å². The first-order valence-electron chi connectivity index (χ1n) is 8.95. The number of carbonyl (C=O) groups excluding carboxylic acids is 1. The van der Waals surface area contributed by atoms with Crippen molar-refractivity contribution in [3.05, 3.63) is 71.5 Å². The van der Waals surface area contributed by atoms with Crippen LogP contribution in [0.3, 0.4) is 0 Å². The standard InChI is InChI=1S/C21H22N4O4/c1-15-14-25(21(22)24-15)23-13-16-3-7-18(8-4-16)28-11-12-29-19-9-5-17(6-10-19)20(26)27-2/h3-10,13-14H,11-12H2,1-2H3,(H2,22,24). The van der Waals surface area contributed by atoms with Crippen molar-refractivity contribution in [2.45, 2.75) is 6.92 Å². The highest BCUT2D eigenvalue weighted by Crippen LogP contribution is 2.14. The summed E-state index contributed by atoms with van der Waals surface area (Å²) in [6, 6.07) is 14.2. The van der Waals surface area contributed by atoms with Crippen molar-refractivity contribution in [2.24, 2.45) is 5.10 Å². The molecular formula is C21H22N4O4. The van der Waals surface area contributed by atoms with Crippen LogP contribution in [0.4, 0.5) is 5.95 Å². The Labute approximate surface area is 168 Å². The van der Waals surface area contributed by atoms with Gasteiger partial charge in [0.05, 0.1) is 30.8 Å². The molecule has 1 heterocycles. The lowest BCUT2D eigenvalue weighted by molar-refractivity contribution is 0.0600. The van der Waals surface area contributed by atoms with E-state index in [-0.39, 0.29) is 5.97 Å². The summed E-state index contributed by atoms with van der Waals surface area (Å²) < 4.78 is 17.5. The van der Waals surface area contributed by atoms with Crippen molar-refractivity contribution in [1.82, 2.24) is 9.66 Å². The summed E-state index contributed by atoms with van der Waals surface area (Å²) in [5.74, 6) is 1.35. The molecular weight excluding hydrogens is 372 g/mol. The third-order valence-electron chi connectivity index (χ3n) is 3.94. The van der Waals surface area contributed by atoms with Gasteiger partial charge in [0.2, 0.25) is 5.95 Å². The van der Waals surface area contributed by atoms with Crippen LogP contribution in [0.2, 0.25) is 0 Å². The first-order chi connectivity index (χ1) is 14.0. The van der Waals surface area contributed by atoms with Gasteiger partial charge in [-0.15, -0.1) is 0 Å². The van der Waals surface area contributed by atoms with E-state index in [0.717, 1.165) is 17.0 Å². The molecule has 0 spiro atoms. The van der Waals surface area contributed by atoms with Gasteiger partial charge in [-0.25, -0.2) is 14.5 Å². The normalized spacial score (nSPS) is 10.8. The third-order valence-corrected chi connectivity index (χ3v) is 3.94. The van der Waals surface area contributed by atoms with Gasteiger partial charge < -0.3 is 19.9 Å². The molecule has 0 aliphatic heterocycles. The van der Waals surface area contributed by atoms with Crippen LogP contribution in [-0.2, 0) is 4.74 Å². The molecule has 29 heavy (non-hydrogen) atoms. The number of hydrogen-bond acceptors (Lipinski definition) is 7. The van der Waals surface area contributed by atoms with Crippen LogP contribution in [0.25, 0.3) is 0 Å². The van der Waals surface area contributed by atoms with Gasteiger partial charge in [-0.3, -0.25) is 0 Å². The fourth-order valence-electron chi connectivity index (χ4n) is 2.50. The zero-order chi connectivity index (χ0) is 20.6. The maximum atomic E-state index is 11.4. The number of anilines is 1. The number of methoxy groups -OCH3 is 1. The average molecular weight is 394 g/mol. The van der Waals surface area contributed by atoms with Crippen LogP contribution in [0.1, 0.15) is 21.6 Å². The summed E-state index contributed by atoms with van der Waals surface area (Å²) in [5.41, 5.74) is 7.95. The van der Waals surface area contributed by atoms with Crippen molar-refractivity contribution in [3.8, 4) is 11.5 Å². The Kier molecular flexibility index (Phi) is 6.47. The maximum absolute atomic E-state index is 11.4. The zero-order valence-electron chi connectivity index (χ0n) is 16.2. The highest BCUT2D eigenvalue weighted by Gasteiger charge is 2.04. The molecule has 0 saturated heterocycles. The van der Waals surface area contributed by atoms with Crippen molar-refractivity contribution in [2.75, 3.05) is 26.1 Å². The first-order valence-corrected chi connectivity index (χ1v) is 8.95. The van der Waals surface area contributed by atoms with Gasteiger partial charge >= 0.3 is 5.97 Å². The minimum atomic E-state index is -0.378. The van der Waals surface area contributed by atoms with Crippen LogP contribution in [0.5, 0.6) is 11.5 Å². The number of aromatic nitrogens is 2. The number of rotatable bonds is 8. The van der Waals surface area contributed by atoms with Gasteiger partial charge in [-0.05, 0) is 61.0 Å². The van der Waals surface area contributed by atoms with Crippen LogP contribution >= 0.6 is 0 Å². The minimum Gasteiger partial charge on any atom is -0.490 e. The summed E-state index contributed by atoms with van der Waals surface area (Å²) in [7, 11) is 1.35. The number of nitrogens with two attached hydrogens (primary N) is 1. The van der Waals surface area contributed by atoms with Crippen LogP contribution in [0.15, 0.2) is 59.8 Å². The predicted octanol–water partition coefficient (Wildman–Crippen LogP) is 2.90. The number of aryl methyl sites for hydroxylation is 1. The van der Waals surface area contributed by atoms with E-state index in [0.29, 0.717) is 30.5 Å². The Hall–Kier alpha value is -3.81. The number of nitrogen functional groups attached to an aromatic ring is 1. The second kappa shape index (κ2) is 9.41. The molecule has 0 radical (unpaired) electrons. The Morgan fingerprint density at radius 3 is 2.17 bits per heavy atom. The molecule has 0 amide bonds. The van der Waals surface area contributed by atoms with Crippen molar-refractivity contribution in [1.29, 1.82) is 0 Å². The molecule has 1 aromatic heterocycles. The highest BCUT2D eigenvalue weighted by molar-refractivity contribution is 5.89. The molecule has 3 rings (SSSR count). The second-order valence-electron chi connectivity index (χ2n) is 6.11. The molecule has 0 unspecified atom stereocenters. The van der Waals surface area contributed by atoms with Gasteiger partial charge in [0.1, 0.15) is 24.7 Å². The second-order valence-corrected chi connectivity index (χ2v) is 6.11. The van der Waals surface area contributed by atoms with E-state index in [1.807, 2.05) is 31.2 Å². The van der Waals surface area contributed by atoms with E-state index in [1.165, 1.54) is 11.8 Å². The summed E-state index contributed by atoms with van der Waals surface area (Å²) >= 11 is 0. The van der Waals surface area contributed by atoms with Crippen molar-refractivity contribution in [3.63, 3.8) is 0 Å². The Morgan fingerprint density at radius 1 is 1.07 bits per heavy atom. The van der Waals surface area contributed by atoms with Gasteiger partial charge in [0.25, 0.3) is 0 Å². The summed E-state index contributed by atoms with van der Waals surface area (Å²) in [4.78, 5) is 15.5. The Bertz CT molecular complexity index is 979. The molecule has 150 valence electrons. The number of esters is 1. The molecule has 0 aliphatic rings. The highest BCUT2D eigenvalue weighted by atomic mass is 16.5. The topological polar surface area (TPSA) is 101 Å². The molecule has 0 aliphatic carbocycles. The van der Waals surface area contributed by atoms with E-state index in [9.17, 15) is 4.79 Å². The summed E-state index contributed by atoms with van der Waals surface area (Å²) in [6.07, 6.45) is 3.45. The van der Waals surface area contributed by atoms with Gasteiger partial charge in [-0.1, -0.05) is 0 Å². The summed E-state index contributed by atoms with van der Waals surface area (Å²) in [6.45, 7) is 2.62. The van der Waals surface area contributed by atoms with E-state index in [2.05, 4.69) is 14.8 Å². The predicted molar refractivity (Wildman–Crippen MR) is 110 cm³/mol. The molecule has 2 aromatic carbocycles. The maximum Gasteiger partial charge on any atom is 0.337 e. The first kappa shape index (κ1) is 19.9. The van der Waals surface area contributed by atoms with Crippen LogP contribution < -0.4 is 15.2 Å². The number of ether oxygens (including phenoxy) is 3. The lowest BCUT2D eigenvalue weighted by Gasteiger charge is -2.09. The molecule has 8 heteroatoms.